The molecule has 0 unspecified atom stereocenters. The van der Waals surface area contributed by atoms with Crippen molar-refractivity contribution in [2.75, 3.05) is 20.2 Å². The molecule has 2 aromatic rings. The van der Waals surface area contributed by atoms with Gasteiger partial charge in [-0.25, -0.2) is 9.18 Å². The molecule has 2 aromatic carbocycles. The molecule has 5 nitrogen and oxygen atoms in total. The van der Waals surface area contributed by atoms with E-state index in [9.17, 15) is 14.3 Å². The fraction of sp³-hybridized carbons (Fsp3) is 0.458. The molecular formula is C24H28FNO4. The summed E-state index contributed by atoms with van der Waals surface area (Å²) in [6.07, 6.45) is 0.631. The molecular weight excluding hydrogens is 385 g/mol. The van der Waals surface area contributed by atoms with Gasteiger partial charge in [0, 0.05) is 19.6 Å². The van der Waals surface area contributed by atoms with Gasteiger partial charge in [0.15, 0.2) is 0 Å². The number of nitrogens with zero attached hydrogens (tertiary/aromatic N) is 1. The van der Waals surface area contributed by atoms with Crippen molar-refractivity contribution in [2.45, 2.75) is 38.5 Å². The molecule has 2 aliphatic rings. The van der Waals surface area contributed by atoms with Crippen LogP contribution < -0.4 is 4.74 Å². The highest BCUT2D eigenvalue weighted by molar-refractivity contribution is 5.89. The molecule has 1 N–H and O–H groups in total. The molecule has 30 heavy (non-hydrogen) atoms. The van der Waals surface area contributed by atoms with Crippen LogP contribution in [-0.2, 0) is 11.3 Å². The van der Waals surface area contributed by atoms with Gasteiger partial charge in [-0.2, -0.15) is 0 Å². The predicted octanol–water partition coefficient (Wildman–Crippen LogP) is 3.57. The van der Waals surface area contributed by atoms with Gasteiger partial charge in [-0.05, 0) is 67.0 Å². The number of aliphatic hydroxyl groups is 1. The summed E-state index contributed by atoms with van der Waals surface area (Å²) in [6.45, 7) is 4.45. The number of rotatable bonds is 5. The van der Waals surface area contributed by atoms with Crippen LogP contribution in [0.2, 0.25) is 0 Å². The number of aliphatic hydroxyl groups excluding tert-OH is 1. The summed E-state index contributed by atoms with van der Waals surface area (Å²) in [5, 5.41) is 10.7. The summed E-state index contributed by atoms with van der Waals surface area (Å²) in [5.41, 5.74) is 2.21. The zero-order chi connectivity index (χ0) is 21.3. The fourth-order valence-corrected chi connectivity index (χ4v) is 4.80. The molecule has 0 radical (unpaired) electrons. The summed E-state index contributed by atoms with van der Waals surface area (Å²) >= 11 is 0. The van der Waals surface area contributed by atoms with E-state index in [2.05, 4.69) is 4.90 Å². The Morgan fingerprint density at radius 1 is 1.17 bits per heavy atom. The lowest BCUT2D eigenvalue weighted by atomic mass is 9.78. The molecule has 4 atom stereocenters. The van der Waals surface area contributed by atoms with Crippen molar-refractivity contribution in [2.24, 2.45) is 11.8 Å². The highest BCUT2D eigenvalue weighted by atomic mass is 19.1. The van der Waals surface area contributed by atoms with Crippen molar-refractivity contribution in [3.05, 3.63) is 65.0 Å². The largest absolute Gasteiger partial charge is 0.488 e. The Morgan fingerprint density at radius 2 is 1.93 bits per heavy atom. The SMILES string of the molecule is COC(=O)c1cccc(O[C@@H]2C[C@@H]3CN(Cc4ccc(F)c(C)c4)C[C@@H]3C[C@H]2O)c1. The quantitative estimate of drug-likeness (QED) is 0.760. The number of benzene rings is 2. The van der Waals surface area contributed by atoms with E-state index in [0.717, 1.165) is 31.6 Å². The average molecular weight is 413 g/mol. The van der Waals surface area contributed by atoms with Gasteiger partial charge in [-0.3, -0.25) is 4.90 Å². The van der Waals surface area contributed by atoms with Crippen LogP contribution in [-0.4, -0.2) is 48.4 Å². The number of fused-ring (bicyclic) bond motifs is 1. The second-order valence-electron chi connectivity index (χ2n) is 8.51. The Bertz CT molecular complexity index is 918. The monoisotopic (exact) mass is 413 g/mol. The fourth-order valence-electron chi connectivity index (χ4n) is 4.80. The van der Waals surface area contributed by atoms with Crippen LogP contribution >= 0.6 is 0 Å². The van der Waals surface area contributed by atoms with Crippen LogP contribution in [0, 0.1) is 24.6 Å². The molecule has 160 valence electrons. The van der Waals surface area contributed by atoms with Crippen LogP contribution in [0.5, 0.6) is 5.75 Å². The lowest BCUT2D eigenvalue weighted by Gasteiger charge is -2.35. The Hall–Kier alpha value is -2.44. The molecule has 0 amide bonds. The molecule has 1 saturated carbocycles. The highest BCUT2D eigenvalue weighted by Crippen LogP contribution is 2.38. The van der Waals surface area contributed by atoms with Gasteiger partial charge in [0.25, 0.3) is 0 Å². The van der Waals surface area contributed by atoms with Gasteiger partial charge in [0.2, 0.25) is 0 Å². The maximum absolute atomic E-state index is 13.5. The first-order chi connectivity index (χ1) is 14.4. The second-order valence-corrected chi connectivity index (χ2v) is 8.51. The number of hydrogen-bond acceptors (Lipinski definition) is 5. The van der Waals surface area contributed by atoms with Crippen LogP contribution in [0.3, 0.4) is 0 Å². The number of hydrogen-bond donors (Lipinski definition) is 1. The van der Waals surface area contributed by atoms with Gasteiger partial charge in [-0.1, -0.05) is 18.2 Å². The van der Waals surface area contributed by atoms with Crippen molar-refractivity contribution >= 4 is 5.97 Å². The third kappa shape index (κ3) is 4.50. The number of likely N-dealkylation sites (tertiary alicyclic amines) is 1. The zero-order valence-corrected chi connectivity index (χ0v) is 17.4. The molecule has 6 heteroatoms. The minimum atomic E-state index is -0.541. The lowest BCUT2D eigenvalue weighted by molar-refractivity contribution is -0.0231. The van der Waals surface area contributed by atoms with E-state index in [1.165, 1.54) is 13.2 Å². The van der Waals surface area contributed by atoms with E-state index in [1.54, 1.807) is 31.2 Å². The molecule has 0 aromatic heterocycles. The zero-order valence-electron chi connectivity index (χ0n) is 17.4. The molecule has 1 saturated heterocycles. The van der Waals surface area contributed by atoms with Gasteiger partial charge in [-0.15, -0.1) is 0 Å². The van der Waals surface area contributed by atoms with Crippen LogP contribution in [0.1, 0.15) is 34.3 Å². The maximum Gasteiger partial charge on any atom is 0.337 e. The van der Waals surface area contributed by atoms with Crippen LogP contribution in [0.15, 0.2) is 42.5 Å². The first kappa shape index (κ1) is 20.8. The standard InChI is InChI=1S/C24H28FNO4/c1-15-8-16(6-7-21(15)25)12-26-13-18-10-22(27)23(11-19(18)14-26)30-20-5-3-4-17(9-20)24(28)29-2/h3-9,18-19,22-23,27H,10-14H2,1-2H3/t18-,19+,22+,23+/m0/s1. The Balaban J connectivity index is 1.38. The van der Waals surface area contributed by atoms with Crippen molar-refractivity contribution in [1.82, 2.24) is 4.90 Å². The molecule has 0 spiro atoms. The topological polar surface area (TPSA) is 59.0 Å². The lowest BCUT2D eigenvalue weighted by Crippen LogP contribution is -2.42. The highest BCUT2D eigenvalue weighted by Gasteiger charge is 2.42. The van der Waals surface area contributed by atoms with Crippen molar-refractivity contribution in [3.8, 4) is 5.75 Å². The third-order valence-electron chi connectivity index (χ3n) is 6.33. The first-order valence-electron chi connectivity index (χ1n) is 10.4. The van der Waals surface area contributed by atoms with E-state index in [1.807, 2.05) is 12.1 Å². The maximum atomic E-state index is 13.5. The molecule has 2 fully saturated rings. The molecule has 1 heterocycles. The number of methoxy groups -OCH3 is 1. The van der Waals surface area contributed by atoms with Crippen molar-refractivity contribution < 1.29 is 23.8 Å². The third-order valence-corrected chi connectivity index (χ3v) is 6.33. The molecule has 1 aliphatic carbocycles. The minimum Gasteiger partial charge on any atom is -0.488 e. The van der Waals surface area contributed by atoms with Crippen LogP contribution in [0.4, 0.5) is 4.39 Å². The van der Waals surface area contributed by atoms with Gasteiger partial charge >= 0.3 is 5.97 Å². The van der Waals surface area contributed by atoms with Gasteiger partial charge in [0.1, 0.15) is 17.7 Å². The normalized spacial score (nSPS) is 26.3. The number of esters is 1. The van der Waals surface area contributed by atoms with Crippen molar-refractivity contribution in [1.29, 1.82) is 0 Å². The molecule has 1 aliphatic heterocycles. The Morgan fingerprint density at radius 3 is 2.67 bits per heavy atom. The number of aryl methyl sites for hydroxylation is 1. The molecule has 0 bridgehead atoms. The summed E-state index contributed by atoms with van der Waals surface area (Å²) in [7, 11) is 1.35. The van der Waals surface area contributed by atoms with E-state index in [0.29, 0.717) is 35.1 Å². The van der Waals surface area contributed by atoms with Crippen molar-refractivity contribution in [3.63, 3.8) is 0 Å². The molecule has 4 rings (SSSR count). The number of carbonyl (C=O) groups excluding carboxylic acids is 1. The average Bonchev–Trinajstić information content (AvgIpc) is 3.11. The van der Waals surface area contributed by atoms with E-state index < -0.39 is 12.1 Å². The summed E-state index contributed by atoms with van der Waals surface area (Å²) in [4.78, 5) is 14.1. The van der Waals surface area contributed by atoms with Gasteiger partial charge < -0.3 is 14.6 Å². The summed E-state index contributed by atoms with van der Waals surface area (Å²) in [5.74, 6) is 0.865. The summed E-state index contributed by atoms with van der Waals surface area (Å²) in [6, 6.07) is 12.2. The second kappa shape index (κ2) is 8.74. The summed E-state index contributed by atoms with van der Waals surface area (Å²) < 4.78 is 24.4. The predicted molar refractivity (Wildman–Crippen MR) is 111 cm³/mol. The minimum absolute atomic E-state index is 0.173. The van der Waals surface area contributed by atoms with E-state index in [4.69, 9.17) is 9.47 Å². The smallest absolute Gasteiger partial charge is 0.337 e. The first-order valence-corrected chi connectivity index (χ1v) is 10.4. The van der Waals surface area contributed by atoms with E-state index >= 15 is 0 Å². The number of halogens is 1. The Labute approximate surface area is 176 Å². The number of carbonyl (C=O) groups is 1. The number of ether oxygens (including phenoxy) is 2. The van der Waals surface area contributed by atoms with Crippen LogP contribution in [0.25, 0.3) is 0 Å². The van der Waals surface area contributed by atoms with E-state index in [-0.39, 0.29) is 11.9 Å². The Kier molecular flexibility index (Phi) is 6.06. The van der Waals surface area contributed by atoms with Gasteiger partial charge in [0.05, 0.1) is 18.8 Å².